The molecular weight excluding hydrogens is 308 g/mol. The predicted molar refractivity (Wildman–Crippen MR) is 86.2 cm³/mol. The Balaban J connectivity index is 1.92. The van der Waals surface area contributed by atoms with Gasteiger partial charge < -0.3 is 10.6 Å². The molecule has 2 rings (SSSR count). The minimum absolute atomic E-state index is 0.0812. The number of para-hydroxylation sites is 1. The number of carbonyl (C=O) groups excluding carboxylic acids is 2. The van der Waals surface area contributed by atoms with E-state index in [1.807, 2.05) is 32.0 Å². The molecule has 21 heavy (non-hydrogen) atoms. The van der Waals surface area contributed by atoms with Gasteiger partial charge in [0.2, 0.25) is 5.91 Å². The van der Waals surface area contributed by atoms with Crippen molar-refractivity contribution in [2.45, 2.75) is 13.8 Å². The van der Waals surface area contributed by atoms with Gasteiger partial charge in [0, 0.05) is 5.69 Å². The average molecular weight is 323 g/mol. The first kappa shape index (κ1) is 15.5. The molecule has 1 aromatic carbocycles. The van der Waals surface area contributed by atoms with Gasteiger partial charge in [0.15, 0.2) is 0 Å². The van der Waals surface area contributed by atoms with Gasteiger partial charge in [-0.25, -0.2) is 0 Å². The molecule has 110 valence electrons. The van der Waals surface area contributed by atoms with E-state index >= 15 is 0 Å². The molecular formula is C15H15ClN2O2S. The first-order valence-corrected chi connectivity index (χ1v) is 7.56. The highest BCUT2D eigenvalue weighted by atomic mass is 35.5. The van der Waals surface area contributed by atoms with Crippen molar-refractivity contribution in [1.29, 1.82) is 0 Å². The van der Waals surface area contributed by atoms with Gasteiger partial charge in [0.1, 0.15) is 0 Å². The fourth-order valence-corrected chi connectivity index (χ4v) is 2.84. The van der Waals surface area contributed by atoms with Gasteiger partial charge in [-0.1, -0.05) is 29.8 Å². The van der Waals surface area contributed by atoms with E-state index in [4.69, 9.17) is 11.6 Å². The standard InChI is InChI=1S/C15H15ClN2O2S/c1-9-4-3-5-10(2)14(9)18-13(19)8-17-15(20)11-6-7-12(16)21-11/h3-7H,8H2,1-2H3,(H,17,20)(H,18,19). The Labute approximate surface area is 132 Å². The number of carbonyl (C=O) groups is 2. The van der Waals surface area contributed by atoms with Crippen LogP contribution in [0, 0.1) is 13.8 Å². The van der Waals surface area contributed by atoms with Crippen molar-refractivity contribution >= 4 is 40.4 Å². The predicted octanol–water partition coefficient (Wildman–Crippen LogP) is 3.39. The van der Waals surface area contributed by atoms with Crippen LogP contribution in [-0.4, -0.2) is 18.4 Å². The maximum Gasteiger partial charge on any atom is 0.261 e. The Bertz CT molecular complexity index is 662. The normalized spacial score (nSPS) is 10.2. The van der Waals surface area contributed by atoms with E-state index in [2.05, 4.69) is 10.6 Å². The van der Waals surface area contributed by atoms with E-state index in [1.165, 1.54) is 11.3 Å². The van der Waals surface area contributed by atoms with Crippen LogP contribution in [0.5, 0.6) is 0 Å². The van der Waals surface area contributed by atoms with Gasteiger partial charge in [-0.3, -0.25) is 9.59 Å². The van der Waals surface area contributed by atoms with Crippen LogP contribution in [0.1, 0.15) is 20.8 Å². The zero-order valence-corrected chi connectivity index (χ0v) is 13.3. The Morgan fingerprint density at radius 1 is 1.14 bits per heavy atom. The van der Waals surface area contributed by atoms with E-state index in [0.29, 0.717) is 9.21 Å². The summed E-state index contributed by atoms with van der Waals surface area (Å²) in [5.41, 5.74) is 2.76. The van der Waals surface area contributed by atoms with E-state index < -0.39 is 0 Å². The molecule has 0 saturated carbocycles. The monoisotopic (exact) mass is 322 g/mol. The zero-order chi connectivity index (χ0) is 15.4. The molecule has 1 heterocycles. The van der Waals surface area contributed by atoms with Crippen LogP contribution < -0.4 is 10.6 Å². The van der Waals surface area contributed by atoms with Crippen LogP contribution in [0.2, 0.25) is 4.34 Å². The van der Waals surface area contributed by atoms with Gasteiger partial charge in [-0.15, -0.1) is 11.3 Å². The van der Waals surface area contributed by atoms with Crippen molar-refractivity contribution in [3.05, 3.63) is 50.7 Å². The molecule has 0 saturated heterocycles. The highest BCUT2D eigenvalue weighted by molar-refractivity contribution is 7.18. The lowest BCUT2D eigenvalue weighted by atomic mass is 10.1. The molecule has 0 aliphatic heterocycles. The number of anilines is 1. The molecule has 0 bridgehead atoms. The third-order valence-corrected chi connectivity index (χ3v) is 4.18. The Hall–Kier alpha value is -1.85. The Morgan fingerprint density at radius 2 is 1.81 bits per heavy atom. The summed E-state index contributed by atoms with van der Waals surface area (Å²) in [6.45, 7) is 3.77. The van der Waals surface area contributed by atoms with Crippen molar-refractivity contribution in [2.24, 2.45) is 0 Å². The molecule has 0 radical (unpaired) electrons. The molecule has 6 heteroatoms. The lowest BCUT2D eigenvalue weighted by Crippen LogP contribution is -2.32. The Morgan fingerprint density at radius 3 is 2.38 bits per heavy atom. The summed E-state index contributed by atoms with van der Waals surface area (Å²) in [5, 5.41) is 5.39. The molecule has 2 N–H and O–H groups in total. The molecule has 0 atom stereocenters. The molecule has 0 aliphatic carbocycles. The highest BCUT2D eigenvalue weighted by Crippen LogP contribution is 2.21. The van der Waals surface area contributed by atoms with Gasteiger partial charge in [0.05, 0.1) is 15.8 Å². The summed E-state index contributed by atoms with van der Waals surface area (Å²) in [5.74, 6) is -0.563. The van der Waals surface area contributed by atoms with Crippen LogP contribution in [0.3, 0.4) is 0 Å². The van der Waals surface area contributed by atoms with Crippen molar-refractivity contribution in [3.63, 3.8) is 0 Å². The smallest absolute Gasteiger partial charge is 0.261 e. The number of hydrogen-bond donors (Lipinski definition) is 2. The molecule has 0 spiro atoms. The summed E-state index contributed by atoms with van der Waals surface area (Å²) in [6.07, 6.45) is 0. The number of aryl methyl sites for hydroxylation is 2. The molecule has 2 aromatic rings. The van der Waals surface area contributed by atoms with Gasteiger partial charge in [-0.05, 0) is 37.1 Å². The second-order valence-electron chi connectivity index (χ2n) is 4.60. The number of rotatable bonds is 4. The van der Waals surface area contributed by atoms with Crippen molar-refractivity contribution in [3.8, 4) is 0 Å². The maximum absolute atomic E-state index is 11.9. The van der Waals surface area contributed by atoms with Crippen LogP contribution in [0.25, 0.3) is 0 Å². The molecule has 0 unspecified atom stereocenters. The number of hydrogen-bond acceptors (Lipinski definition) is 3. The minimum Gasteiger partial charge on any atom is -0.342 e. The van der Waals surface area contributed by atoms with Crippen LogP contribution in [-0.2, 0) is 4.79 Å². The van der Waals surface area contributed by atoms with Gasteiger partial charge >= 0.3 is 0 Å². The van der Waals surface area contributed by atoms with Crippen molar-refractivity contribution in [2.75, 3.05) is 11.9 Å². The SMILES string of the molecule is Cc1cccc(C)c1NC(=O)CNC(=O)c1ccc(Cl)s1. The van der Waals surface area contributed by atoms with Crippen molar-refractivity contribution in [1.82, 2.24) is 5.32 Å². The van der Waals surface area contributed by atoms with Crippen LogP contribution in [0.4, 0.5) is 5.69 Å². The number of halogens is 1. The van der Waals surface area contributed by atoms with E-state index in [-0.39, 0.29) is 18.4 Å². The summed E-state index contributed by atoms with van der Waals surface area (Å²) in [4.78, 5) is 24.2. The van der Waals surface area contributed by atoms with Crippen molar-refractivity contribution < 1.29 is 9.59 Å². The fourth-order valence-electron chi connectivity index (χ4n) is 1.88. The number of nitrogens with one attached hydrogen (secondary N) is 2. The molecule has 0 aliphatic rings. The lowest BCUT2D eigenvalue weighted by Gasteiger charge is -2.11. The Kier molecular flexibility index (Phi) is 4.98. The van der Waals surface area contributed by atoms with Crippen LogP contribution in [0.15, 0.2) is 30.3 Å². The highest BCUT2D eigenvalue weighted by Gasteiger charge is 2.11. The number of amides is 2. The van der Waals surface area contributed by atoms with Crippen LogP contribution >= 0.6 is 22.9 Å². The quantitative estimate of drug-likeness (QED) is 0.906. The first-order chi connectivity index (χ1) is 9.97. The average Bonchev–Trinajstić information content (AvgIpc) is 2.87. The van der Waals surface area contributed by atoms with Gasteiger partial charge in [-0.2, -0.15) is 0 Å². The van der Waals surface area contributed by atoms with E-state index in [1.54, 1.807) is 12.1 Å². The van der Waals surface area contributed by atoms with E-state index in [0.717, 1.165) is 16.8 Å². The third kappa shape index (κ3) is 4.06. The molecule has 1 aromatic heterocycles. The number of thiophene rings is 1. The summed E-state index contributed by atoms with van der Waals surface area (Å²) in [6, 6.07) is 9.07. The lowest BCUT2D eigenvalue weighted by molar-refractivity contribution is -0.115. The van der Waals surface area contributed by atoms with E-state index in [9.17, 15) is 9.59 Å². The first-order valence-electron chi connectivity index (χ1n) is 6.37. The summed E-state index contributed by atoms with van der Waals surface area (Å²) in [7, 11) is 0. The minimum atomic E-state index is -0.302. The summed E-state index contributed by atoms with van der Waals surface area (Å²) >= 11 is 6.95. The number of benzene rings is 1. The largest absolute Gasteiger partial charge is 0.342 e. The molecule has 4 nitrogen and oxygen atoms in total. The molecule has 0 fully saturated rings. The second-order valence-corrected chi connectivity index (χ2v) is 6.32. The summed E-state index contributed by atoms with van der Waals surface area (Å²) < 4.78 is 0.542. The van der Waals surface area contributed by atoms with Gasteiger partial charge in [0.25, 0.3) is 5.91 Å². The second kappa shape index (κ2) is 6.74. The zero-order valence-electron chi connectivity index (χ0n) is 11.7. The topological polar surface area (TPSA) is 58.2 Å². The maximum atomic E-state index is 11.9. The fraction of sp³-hybridized carbons (Fsp3) is 0.200. The third-order valence-electron chi connectivity index (χ3n) is 2.95. The molecule has 2 amide bonds.